The molecule has 1 unspecified atom stereocenters. The Bertz CT molecular complexity index is 454. The number of hydrogen-bond acceptors (Lipinski definition) is 4. The molecule has 1 atom stereocenters. The summed E-state index contributed by atoms with van der Waals surface area (Å²) in [4.78, 5) is 0.830. The van der Waals surface area contributed by atoms with E-state index in [0.29, 0.717) is 11.5 Å². The Morgan fingerprint density at radius 1 is 1.18 bits per heavy atom. The predicted molar refractivity (Wildman–Crippen MR) is 74.8 cm³/mol. The first-order chi connectivity index (χ1) is 7.99. The van der Waals surface area contributed by atoms with Gasteiger partial charge in [-0.05, 0) is 12.1 Å². The lowest BCUT2D eigenvalue weighted by molar-refractivity contribution is 0.603. The van der Waals surface area contributed by atoms with E-state index in [1.807, 2.05) is 30.3 Å². The lowest BCUT2D eigenvalue weighted by atomic mass is 10.4. The lowest BCUT2D eigenvalue weighted by Gasteiger charge is -2.02. The van der Waals surface area contributed by atoms with Crippen molar-refractivity contribution in [2.24, 2.45) is 0 Å². The fraction of sp³-hybridized carbons (Fsp3) is 0.455. The van der Waals surface area contributed by atoms with Crippen molar-refractivity contribution < 1.29 is 12.6 Å². The van der Waals surface area contributed by atoms with Crippen LogP contribution < -0.4 is 0 Å². The van der Waals surface area contributed by atoms with E-state index in [9.17, 15) is 12.6 Å². The molecule has 0 saturated carbocycles. The van der Waals surface area contributed by atoms with E-state index >= 15 is 0 Å². The van der Waals surface area contributed by atoms with Crippen LogP contribution in [0, 0.1) is 0 Å². The van der Waals surface area contributed by atoms with Gasteiger partial charge in [0.25, 0.3) is 0 Å². The summed E-state index contributed by atoms with van der Waals surface area (Å²) in [7, 11) is -3.85. The molecule has 0 N–H and O–H groups in total. The quantitative estimate of drug-likeness (QED) is 0.716. The van der Waals surface area contributed by atoms with Crippen molar-refractivity contribution >= 4 is 32.4 Å². The molecular formula is C11H16O3S3. The molecule has 0 bridgehead atoms. The highest BCUT2D eigenvalue weighted by Crippen LogP contribution is 2.08. The monoisotopic (exact) mass is 292 g/mol. The van der Waals surface area contributed by atoms with Crippen LogP contribution in [0.15, 0.2) is 35.2 Å². The number of sulfone groups is 1. The number of benzene rings is 1. The molecule has 3 nitrogen and oxygen atoms in total. The van der Waals surface area contributed by atoms with E-state index in [1.54, 1.807) is 0 Å². The molecule has 0 amide bonds. The van der Waals surface area contributed by atoms with Crippen molar-refractivity contribution in [3.63, 3.8) is 0 Å². The van der Waals surface area contributed by atoms with Crippen LogP contribution in [0.5, 0.6) is 0 Å². The van der Waals surface area contributed by atoms with Gasteiger partial charge in [-0.2, -0.15) is 11.8 Å². The van der Waals surface area contributed by atoms with Gasteiger partial charge in [0.2, 0.25) is 0 Å². The number of hydrogen-bond donors (Lipinski definition) is 0. The second-order valence-electron chi connectivity index (χ2n) is 3.60. The van der Waals surface area contributed by atoms with Crippen LogP contribution in [0.4, 0.5) is 0 Å². The first-order valence-electron chi connectivity index (χ1n) is 5.18. The Kier molecular flexibility index (Phi) is 6.22. The van der Waals surface area contributed by atoms with E-state index in [1.165, 1.54) is 18.0 Å². The summed E-state index contributed by atoms with van der Waals surface area (Å²) >= 11 is 1.53. The minimum absolute atomic E-state index is 0.190. The predicted octanol–water partition coefficient (Wildman–Crippen LogP) is 1.57. The average molecular weight is 292 g/mol. The minimum Gasteiger partial charge on any atom is -0.254 e. The maximum absolute atomic E-state index is 11.8. The van der Waals surface area contributed by atoms with E-state index in [0.717, 1.165) is 10.6 Å². The molecular weight excluding hydrogens is 276 g/mol. The molecule has 96 valence electrons. The van der Waals surface area contributed by atoms with Crippen molar-refractivity contribution in [3.05, 3.63) is 30.3 Å². The molecule has 0 heterocycles. The van der Waals surface area contributed by atoms with Crippen molar-refractivity contribution in [1.82, 2.24) is 0 Å². The van der Waals surface area contributed by atoms with Crippen molar-refractivity contribution in [2.75, 3.05) is 29.3 Å². The summed E-state index contributed by atoms with van der Waals surface area (Å²) in [6.07, 6.45) is 1.23. The summed E-state index contributed by atoms with van der Waals surface area (Å²) in [6.45, 7) is 0. The van der Waals surface area contributed by atoms with Crippen LogP contribution in [0.2, 0.25) is 0 Å². The summed E-state index contributed by atoms with van der Waals surface area (Å²) in [5, 5.41) is 0. The zero-order chi connectivity index (χ0) is 12.7. The fourth-order valence-electron chi connectivity index (χ4n) is 1.14. The molecule has 0 aromatic heterocycles. The average Bonchev–Trinajstić information content (AvgIpc) is 2.28. The Labute approximate surface area is 109 Å². The Balaban J connectivity index is 2.22. The highest BCUT2D eigenvalue weighted by atomic mass is 32.2. The minimum atomic E-state index is -2.87. The molecule has 1 rings (SSSR count). The topological polar surface area (TPSA) is 51.2 Å². The van der Waals surface area contributed by atoms with Gasteiger partial charge >= 0.3 is 0 Å². The Morgan fingerprint density at radius 2 is 1.82 bits per heavy atom. The molecule has 0 aliphatic heterocycles. The third-order valence-corrected chi connectivity index (χ3v) is 5.84. The van der Waals surface area contributed by atoms with E-state index in [4.69, 9.17) is 0 Å². The van der Waals surface area contributed by atoms with Gasteiger partial charge in [-0.3, -0.25) is 4.21 Å². The summed E-state index contributed by atoms with van der Waals surface area (Å²) in [5.74, 6) is 2.05. The van der Waals surface area contributed by atoms with Crippen molar-refractivity contribution in [3.8, 4) is 0 Å². The van der Waals surface area contributed by atoms with Crippen LogP contribution in [-0.4, -0.2) is 41.9 Å². The molecule has 0 aliphatic carbocycles. The smallest absolute Gasteiger partial charge is 0.148 e. The highest BCUT2D eigenvalue weighted by molar-refractivity contribution is 8.01. The van der Waals surface area contributed by atoms with E-state index < -0.39 is 20.6 Å². The molecule has 0 saturated heterocycles. The molecule has 0 spiro atoms. The van der Waals surface area contributed by atoms with Gasteiger partial charge in [-0.25, -0.2) is 8.42 Å². The zero-order valence-corrected chi connectivity index (χ0v) is 12.1. The molecule has 0 fully saturated rings. The lowest BCUT2D eigenvalue weighted by Crippen LogP contribution is -2.07. The highest BCUT2D eigenvalue weighted by Gasteiger charge is 2.04. The van der Waals surface area contributed by atoms with Gasteiger partial charge in [0, 0.05) is 28.4 Å². The Hall–Kier alpha value is -0.330. The molecule has 1 aromatic carbocycles. The van der Waals surface area contributed by atoms with Crippen LogP contribution >= 0.6 is 11.8 Å². The maximum Gasteiger partial charge on any atom is 0.148 e. The normalized spacial score (nSPS) is 13.5. The van der Waals surface area contributed by atoms with E-state index in [2.05, 4.69) is 0 Å². The van der Waals surface area contributed by atoms with Crippen molar-refractivity contribution in [1.29, 1.82) is 0 Å². The second kappa shape index (κ2) is 7.18. The van der Waals surface area contributed by atoms with Gasteiger partial charge in [0.1, 0.15) is 9.84 Å². The van der Waals surface area contributed by atoms with Crippen LogP contribution in [-0.2, 0) is 20.6 Å². The molecule has 1 aromatic rings. The second-order valence-corrected chi connectivity index (χ2v) is 8.66. The fourth-order valence-corrected chi connectivity index (χ4v) is 4.80. The summed E-state index contributed by atoms with van der Waals surface area (Å²) in [5.41, 5.74) is 0. The molecule has 6 heteroatoms. The largest absolute Gasteiger partial charge is 0.254 e. The van der Waals surface area contributed by atoms with Gasteiger partial charge in [-0.15, -0.1) is 0 Å². The van der Waals surface area contributed by atoms with Gasteiger partial charge < -0.3 is 0 Å². The third-order valence-electron chi connectivity index (χ3n) is 2.02. The van der Waals surface area contributed by atoms with E-state index in [-0.39, 0.29) is 5.75 Å². The van der Waals surface area contributed by atoms with Crippen LogP contribution in [0.3, 0.4) is 0 Å². The van der Waals surface area contributed by atoms with Crippen molar-refractivity contribution in [2.45, 2.75) is 4.90 Å². The first kappa shape index (κ1) is 14.7. The third kappa shape index (κ3) is 6.85. The van der Waals surface area contributed by atoms with Gasteiger partial charge in [0.15, 0.2) is 0 Å². The Morgan fingerprint density at radius 3 is 2.41 bits per heavy atom. The summed E-state index contributed by atoms with van der Waals surface area (Å²) in [6, 6.07) is 9.31. The number of thioether (sulfide) groups is 1. The molecule has 0 radical (unpaired) electrons. The standard InChI is InChI=1S/C11H16O3S3/c1-17(13,14)10-8-15-7-9-16(12)11-5-3-2-4-6-11/h2-6H,7-10H2,1H3. The SMILES string of the molecule is CS(=O)(=O)CCSCCS(=O)c1ccccc1. The van der Waals surface area contributed by atoms with Crippen LogP contribution in [0.1, 0.15) is 0 Å². The van der Waals surface area contributed by atoms with Gasteiger partial charge in [-0.1, -0.05) is 18.2 Å². The van der Waals surface area contributed by atoms with Crippen LogP contribution in [0.25, 0.3) is 0 Å². The number of rotatable bonds is 7. The van der Waals surface area contributed by atoms with Gasteiger partial charge in [0.05, 0.1) is 16.6 Å². The summed E-state index contributed by atoms with van der Waals surface area (Å²) < 4.78 is 33.5. The molecule has 0 aliphatic rings. The first-order valence-corrected chi connectivity index (χ1v) is 9.71. The maximum atomic E-state index is 11.8. The zero-order valence-electron chi connectivity index (χ0n) is 9.66. The molecule has 17 heavy (non-hydrogen) atoms.